The van der Waals surface area contributed by atoms with E-state index < -0.39 is 4.92 Å². The number of nitro benzene ring substituents is 1. The van der Waals surface area contributed by atoms with Gasteiger partial charge in [-0.25, -0.2) is 0 Å². The van der Waals surface area contributed by atoms with Crippen LogP contribution in [0, 0.1) is 10.1 Å². The molecule has 34 heavy (non-hydrogen) atoms. The maximum absolute atomic E-state index is 13.5. The Bertz CT molecular complexity index is 1200. The number of pyridine rings is 1. The molecule has 0 radical (unpaired) electrons. The van der Waals surface area contributed by atoms with Gasteiger partial charge in [0.05, 0.1) is 11.5 Å². The number of benzene rings is 2. The summed E-state index contributed by atoms with van der Waals surface area (Å²) in [5.74, 6) is 0.379. The summed E-state index contributed by atoms with van der Waals surface area (Å²) in [7, 11) is 0. The van der Waals surface area contributed by atoms with E-state index >= 15 is 0 Å². The molecule has 0 saturated carbocycles. The monoisotopic (exact) mass is 477 g/mol. The van der Waals surface area contributed by atoms with Crippen LogP contribution in [0.3, 0.4) is 0 Å². The molecule has 0 aliphatic rings. The van der Waals surface area contributed by atoms with Crippen molar-refractivity contribution in [3.63, 3.8) is 0 Å². The normalized spacial score (nSPS) is 12.0. The van der Waals surface area contributed by atoms with E-state index in [1.807, 2.05) is 43.3 Å². The zero-order valence-corrected chi connectivity index (χ0v) is 20.4. The minimum absolute atomic E-state index is 0.0529. The van der Waals surface area contributed by atoms with Gasteiger partial charge in [-0.3, -0.25) is 10.1 Å². The summed E-state index contributed by atoms with van der Waals surface area (Å²) >= 11 is 5.64. The quantitative estimate of drug-likeness (QED) is 0.132. The average Bonchev–Trinajstić information content (AvgIpc) is 2.80. The van der Waals surface area contributed by atoms with Gasteiger partial charge in [0.15, 0.2) is 17.4 Å². The molecule has 176 valence electrons. The van der Waals surface area contributed by atoms with Crippen molar-refractivity contribution in [3.8, 4) is 5.75 Å². The summed E-state index contributed by atoms with van der Waals surface area (Å²) in [4.78, 5) is 10.7. The van der Waals surface area contributed by atoms with E-state index in [1.54, 1.807) is 17.0 Å². The zero-order valence-electron chi connectivity index (χ0n) is 19.6. The molecule has 0 unspecified atom stereocenters. The van der Waals surface area contributed by atoms with Crippen molar-refractivity contribution in [1.82, 2.24) is 0 Å². The van der Waals surface area contributed by atoms with Crippen molar-refractivity contribution >= 4 is 40.0 Å². The Hall–Kier alpha value is -3.78. The summed E-state index contributed by atoms with van der Waals surface area (Å²) in [6.45, 7) is 8.80. The molecule has 0 aliphatic heterocycles. The molecular formula is C26H27N3O4S. The molecule has 7 nitrogen and oxygen atoms in total. The van der Waals surface area contributed by atoms with Crippen LogP contribution >= 0.6 is 12.2 Å². The molecule has 1 heterocycles. The van der Waals surface area contributed by atoms with Crippen molar-refractivity contribution in [1.29, 1.82) is 0 Å². The topological polar surface area (TPSA) is 91.3 Å². The standard InChI is InChI=1S/C26H27N3O4S/c1-5-33-22-12-8-20(9-13-22)27-25(34)23(28-16-14-19(15-17-28)26(2,3)4)24(30)18-6-10-21(11-7-18)29(31)32/h6-17H,5H2,1-4H3,(H-,27,30,34). The minimum Gasteiger partial charge on any atom is -0.867 e. The third-order valence-electron chi connectivity index (χ3n) is 5.15. The van der Waals surface area contributed by atoms with Crippen molar-refractivity contribution in [2.45, 2.75) is 33.1 Å². The molecule has 0 atom stereocenters. The number of hydrogen-bond acceptors (Lipinski definition) is 5. The molecule has 2 aromatic carbocycles. The molecule has 0 bridgehead atoms. The minimum atomic E-state index is -0.503. The number of ether oxygens (including phenoxy) is 1. The Labute approximate surface area is 204 Å². The SMILES string of the molecule is CCOc1ccc(NC(=S)C(=C([O-])c2ccc([N+](=O)[O-])cc2)[n+]2ccc(C(C)(C)C)cc2)cc1. The van der Waals surface area contributed by atoms with E-state index in [0.717, 1.165) is 11.3 Å². The van der Waals surface area contributed by atoms with Crippen LogP contribution in [0.4, 0.5) is 11.4 Å². The molecule has 0 saturated heterocycles. The Morgan fingerprint density at radius 3 is 2.12 bits per heavy atom. The molecule has 8 heteroatoms. The molecule has 0 amide bonds. The first kappa shape index (κ1) is 24.9. The molecular weight excluding hydrogens is 450 g/mol. The number of aromatic nitrogens is 1. The highest BCUT2D eigenvalue weighted by molar-refractivity contribution is 7.81. The van der Waals surface area contributed by atoms with Crippen LogP contribution in [0.5, 0.6) is 5.75 Å². The maximum atomic E-state index is 13.5. The van der Waals surface area contributed by atoms with Crippen LogP contribution < -0.4 is 19.7 Å². The first-order chi connectivity index (χ1) is 16.1. The molecule has 0 spiro atoms. The third-order valence-corrected chi connectivity index (χ3v) is 5.44. The maximum Gasteiger partial charge on any atom is 0.269 e. The molecule has 0 aliphatic carbocycles. The lowest BCUT2D eigenvalue weighted by molar-refractivity contribution is -0.577. The fraction of sp³-hybridized carbons (Fsp3) is 0.231. The highest BCUT2D eigenvalue weighted by Gasteiger charge is 2.21. The highest BCUT2D eigenvalue weighted by Crippen LogP contribution is 2.23. The lowest BCUT2D eigenvalue weighted by Crippen LogP contribution is -2.40. The number of nitro groups is 1. The molecule has 3 aromatic rings. The fourth-order valence-corrected chi connectivity index (χ4v) is 3.59. The number of rotatable bonds is 7. The van der Waals surface area contributed by atoms with E-state index in [4.69, 9.17) is 17.0 Å². The van der Waals surface area contributed by atoms with Crippen LogP contribution in [-0.4, -0.2) is 16.5 Å². The van der Waals surface area contributed by atoms with E-state index in [-0.39, 0.29) is 27.5 Å². The van der Waals surface area contributed by atoms with Crippen molar-refractivity contribution < 1.29 is 19.3 Å². The highest BCUT2D eigenvalue weighted by atomic mass is 32.1. The summed E-state index contributed by atoms with van der Waals surface area (Å²) in [6.07, 6.45) is 3.59. The zero-order chi connectivity index (χ0) is 24.9. The first-order valence-corrected chi connectivity index (χ1v) is 11.2. The van der Waals surface area contributed by atoms with Crippen LogP contribution in [0.25, 0.3) is 11.5 Å². The lowest BCUT2D eigenvalue weighted by atomic mass is 9.88. The van der Waals surface area contributed by atoms with Crippen molar-refractivity contribution in [2.75, 3.05) is 11.9 Å². The van der Waals surface area contributed by atoms with Gasteiger partial charge in [0.25, 0.3) is 5.69 Å². The van der Waals surface area contributed by atoms with E-state index in [1.165, 1.54) is 24.3 Å². The fourth-order valence-electron chi connectivity index (χ4n) is 3.28. The Kier molecular flexibility index (Phi) is 7.63. The largest absolute Gasteiger partial charge is 0.867 e. The van der Waals surface area contributed by atoms with Gasteiger partial charge in [0.1, 0.15) is 5.75 Å². The van der Waals surface area contributed by atoms with Gasteiger partial charge < -0.3 is 15.2 Å². The van der Waals surface area contributed by atoms with Gasteiger partial charge in [-0.1, -0.05) is 33.0 Å². The van der Waals surface area contributed by atoms with Crippen LogP contribution in [-0.2, 0) is 5.41 Å². The number of nitrogens with one attached hydrogen (secondary N) is 1. The van der Waals surface area contributed by atoms with Crippen molar-refractivity contribution in [2.24, 2.45) is 0 Å². The van der Waals surface area contributed by atoms with Crippen LogP contribution in [0.2, 0.25) is 0 Å². The number of thiocarbonyl (C=S) groups is 1. The van der Waals surface area contributed by atoms with Gasteiger partial charge in [-0.2, -0.15) is 4.57 Å². The molecule has 0 fully saturated rings. The number of non-ortho nitro benzene ring substituents is 1. The summed E-state index contributed by atoms with van der Waals surface area (Å²) in [5.41, 5.74) is 2.20. The summed E-state index contributed by atoms with van der Waals surface area (Å²) < 4.78 is 7.14. The second kappa shape index (κ2) is 10.4. The second-order valence-corrected chi connectivity index (χ2v) is 9.05. The Balaban J connectivity index is 2.02. The summed E-state index contributed by atoms with van der Waals surface area (Å²) in [5, 5.41) is 27.6. The second-order valence-electron chi connectivity index (χ2n) is 8.64. The van der Waals surface area contributed by atoms with Gasteiger partial charge in [-0.05, 0) is 65.6 Å². The predicted molar refractivity (Wildman–Crippen MR) is 135 cm³/mol. The van der Waals surface area contributed by atoms with Gasteiger partial charge in [0.2, 0.25) is 5.70 Å². The molecule has 3 rings (SSSR count). The van der Waals surface area contributed by atoms with Crippen LogP contribution in [0.15, 0.2) is 73.1 Å². The van der Waals surface area contributed by atoms with Gasteiger partial charge in [-0.15, -0.1) is 0 Å². The van der Waals surface area contributed by atoms with Gasteiger partial charge >= 0.3 is 0 Å². The Morgan fingerprint density at radius 2 is 1.62 bits per heavy atom. The van der Waals surface area contributed by atoms with Gasteiger partial charge in [0, 0.05) is 30.0 Å². The predicted octanol–water partition coefficient (Wildman–Crippen LogP) is 4.70. The average molecular weight is 478 g/mol. The van der Waals surface area contributed by atoms with Crippen LogP contribution in [0.1, 0.15) is 38.8 Å². The number of nitrogens with zero attached hydrogens (tertiary/aromatic N) is 2. The molecule has 1 aromatic heterocycles. The smallest absolute Gasteiger partial charge is 0.269 e. The van der Waals surface area contributed by atoms with E-state index in [0.29, 0.717) is 17.9 Å². The third kappa shape index (κ3) is 5.96. The van der Waals surface area contributed by atoms with Crippen molar-refractivity contribution in [3.05, 3.63) is 94.3 Å². The number of hydrogen-bond donors (Lipinski definition) is 1. The summed E-state index contributed by atoms with van der Waals surface area (Å²) in [6, 6.07) is 16.6. The number of anilines is 1. The Morgan fingerprint density at radius 1 is 1.03 bits per heavy atom. The van der Waals surface area contributed by atoms with E-state index in [2.05, 4.69) is 26.1 Å². The lowest BCUT2D eigenvalue weighted by Gasteiger charge is -2.19. The molecule has 1 N–H and O–H groups in total. The first-order valence-electron chi connectivity index (χ1n) is 10.8. The van der Waals surface area contributed by atoms with E-state index in [9.17, 15) is 15.2 Å².